The summed E-state index contributed by atoms with van der Waals surface area (Å²) >= 11 is 0. The molecule has 1 aliphatic rings. The predicted octanol–water partition coefficient (Wildman–Crippen LogP) is 6.13. The van der Waals surface area contributed by atoms with E-state index in [-0.39, 0.29) is 5.41 Å². The number of hydrogen-bond acceptors (Lipinski definition) is 0. The second kappa shape index (κ2) is 5.66. The van der Waals surface area contributed by atoms with Gasteiger partial charge in [-0.1, -0.05) is 69.3 Å². The van der Waals surface area contributed by atoms with Gasteiger partial charge < -0.3 is 4.98 Å². The van der Waals surface area contributed by atoms with E-state index in [1.807, 2.05) is 0 Å². The molecular formula is C23H25N. The quantitative estimate of drug-likeness (QED) is 0.555. The van der Waals surface area contributed by atoms with Gasteiger partial charge in [0.25, 0.3) is 0 Å². The van der Waals surface area contributed by atoms with E-state index in [1.165, 1.54) is 51.9 Å². The maximum atomic E-state index is 3.57. The fourth-order valence-corrected chi connectivity index (χ4v) is 3.80. The lowest BCUT2D eigenvalue weighted by molar-refractivity contribution is 0.590. The first-order valence-corrected chi connectivity index (χ1v) is 8.93. The van der Waals surface area contributed by atoms with Crippen LogP contribution in [0.2, 0.25) is 0 Å². The summed E-state index contributed by atoms with van der Waals surface area (Å²) < 4.78 is 0. The van der Waals surface area contributed by atoms with Crippen LogP contribution in [0.1, 0.15) is 43.9 Å². The number of fused-ring (bicyclic) bond motifs is 3. The highest BCUT2D eigenvalue weighted by molar-refractivity contribution is 5.79. The lowest BCUT2D eigenvalue weighted by Gasteiger charge is -2.19. The molecule has 0 unspecified atom stereocenters. The number of aryl methyl sites for hydroxylation is 1. The van der Waals surface area contributed by atoms with Gasteiger partial charge in [0.15, 0.2) is 0 Å². The van der Waals surface area contributed by atoms with Crippen LogP contribution in [0.25, 0.3) is 22.4 Å². The van der Waals surface area contributed by atoms with Gasteiger partial charge >= 0.3 is 0 Å². The van der Waals surface area contributed by atoms with Gasteiger partial charge in [-0.15, -0.1) is 0 Å². The van der Waals surface area contributed by atoms with E-state index in [0.717, 1.165) is 6.42 Å². The minimum atomic E-state index is 0.201. The van der Waals surface area contributed by atoms with Gasteiger partial charge in [0, 0.05) is 23.0 Å². The van der Waals surface area contributed by atoms with Crippen molar-refractivity contribution in [3.63, 3.8) is 0 Å². The number of aromatic amines is 1. The van der Waals surface area contributed by atoms with Gasteiger partial charge in [-0.05, 0) is 46.9 Å². The molecule has 0 spiro atoms. The third kappa shape index (κ3) is 2.58. The standard InChI is InChI=1S/C23H25N/c1-23(2,3)18-13-11-17(12-14-18)21-15-24-22-19-9-5-4-7-16(19)8-6-10-20(21)22/h4-5,7,9,11-15,24H,6,8,10H2,1-3H3. The van der Waals surface area contributed by atoms with Crippen molar-refractivity contribution in [2.45, 2.75) is 45.4 Å². The molecule has 1 aliphatic carbocycles. The first-order chi connectivity index (χ1) is 11.5. The molecule has 2 aromatic carbocycles. The topological polar surface area (TPSA) is 15.8 Å². The lowest BCUT2D eigenvalue weighted by atomic mass is 9.86. The molecule has 0 bridgehead atoms. The highest BCUT2D eigenvalue weighted by Crippen LogP contribution is 2.38. The van der Waals surface area contributed by atoms with Crippen LogP contribution in [0.4, 0.5) is 0 Å². The van der Waals surface area contributed by atoms with Crippen LogP contribution in [0, 0.1) is 0 Å². The molecule has 24 heavy (non-hydrogen) atoms. The van der Waals surface area contributed by atoms with Gasteiger partial charge in [-0.25, -0.2) is 0 Å². The normalized spacial score (nSPS) is 14.0. The predicted molar refractivity (Wildman–Crippen MR) is 102 cm³/mol. The number of aromatic nitrogens is 1. The monoisotopic (exact) mass is 315 g/mol. The molecule has 3 aromatic rings. The SMILES string of the molecule is CC(C)(C)c1ccc(-c2c[nH]c3c2CCCc2ccccc2-3)cc1. The van der Waals surface area contributed by atoms with Crippen LogP contribution < -0.4 is 0 Å². The van der Waals surface area contributed by atoms with E-state index in [2.05, 4.69) is 80.5 Å². The molecule has 0 atom stereocenters. The summed E-state index contributed by atoms with van der Waals surface area (Å²) in [5, 5.41) is 0. The summed E-state index contributed by atoms with van der Waals surface area (Å²) in [4.78, 5) is 3.57. The Morgan fingerprint density at radius 2 is 1.58 bits per heavy atom. The van der Waals surface area contributed by atoms with E-state index in [1.54, 1.807) is 0 Å². The van der Waals surface area contributed by atoms with Gasteiger partial charge in [0.05, 0.1) is 0 Å². The third-order valence-corrected chi connectivity index (χ3v) is 5.21. The molecule has 0 radical (unpaired) electrons. The van der Waals surface area contributed by atoms with Crippen LogP contribution in [0.3, 0.4) is 0 Å². The molecule has 1 N–H and O–H groups in total. The first-order valence-electron chi connectivity index (χ1n) is 8.93. The summed E-state index contributed by atoms with van der Waals surface area (Å²) in [5.41, 5.74) is 9.91. The molecular weight excluding hydrogens is 290 g/mol. The molecule has 0 amide bonds. The number of rotatable bonds is 1. The summed E-state index contributed by atoms with van der Waals surface area (Å²) in [6.45, 7) is 6.80. The molecule has 1 heterocycles. The highest BCUT2D eigenvalue weighted by atomic mass is 14.7. The molecule has 0 aliphatic heterocycles. The van der Waals surface area contributed by atoms with E-state index in [0.29, 0.717) is 0 Å². The van der Waals surface area contributed by atoms with E-state index in [9.17, 15) is 0 Å². The van der Waals surface area contributed by atoms with Crippen molar-refractivity contribution < 1.29 is 0 Å². The number of nitrogens with one attached hydrogen (secondary N) is 1. The third-order valence-electron chi connectivity index (χ3n) is 5.21. The zero-order chi connectivity index (χ0) is 16.7. The Morgan fingerprint density at radius 3 is 2.33 bits per heavy atom. The Hall–Kier alpha value is -2.28. The van der Waals surface area contributed by atoms with Crippen molar-refractivity contribution in [3.05, 3.63) is 71.4 Å². The molecule has 0 saturated heterocycles. The number of hydrogen-bond donors (Lipinski definition) is 1. The lowest BCUT2D eigenvalue weighted by Crippen LogP contribution is -2.10. The molecule has 0 fully saturated rings. The highest BCUT2D eigenvalue weighted by Gasteiger charge is 2.20. The van der Waals surface area contributed by atoms with Crippen LogP contribution in [0.5, 0.6) is 0 Å². The second-order valence-electron chi connectivity index (χ2n) is 7.89. The molecule has 4 rings (SSSR count). The maximum absolute atomic E-state index is 3.57. The smallest absolute Gasteiger partial charge is 0.0495 e. The van der Waals surface area contributed by atoms with Crippen molar-refractivity contribution in [1.82, 2.24) is 4.98 Å². The van der Waals surface area contributed by atoms with Gasteiger partial charge in [-0.2, -0.15) is 0 Å². The minimum Gasteiger partial charge on any atom is -0.360 e. The molecule has 1 nitrogen and oxygen atoms in total. The van der Waals surface area contributed by atoms with Crippen molar-refractivity contribution >= 4 is 0 Å². The number of H-pyrrole nitrogens is 1. The molecule has 122 valence electrons. The van der Waals surface area contributed by atoms with E-state index >= 15 is 0 Å². The fourth-order valence-electron chi connectivity index (χ4n) is 3.80. The second-order valence-corrected chi connectivity index (χ2v) is 7.89. The van der Waals surface area contributed by atoms with Gasteiger partial charge in [0.1, 0.15) is 0 Å². The zero-order valence-electron chi connectivity index (χ0n) is 14.8. The summed E-state index contributed by atoms with van der Waals surface area (Å²) in [6, 6.07) is 17.9. The summed E-state index contributed by atoms with van der Waals surface area (Å²) in [5.74, 6) is 0. The zero-order valence-corrected chi connectivity index (χ0v) is 14.8. The van der Waals surface area contributed by atoms with Crippen molar-refractivity contribution in [2.75, 3.05) is 0 Å². The van der Waals surface area contributed by atoms with E-state index in [4.69, 9.17) is 0 Å². The van der Waals surface area contributed by atoms with Crippen molar-refractivity contribution in [3.8, 4) is 22.4 Å². The number of benzene rings is 2. The Kier molecular flexibility index (Phi) is 3.60. The van der Waals surface area contributed by atoms with Crippen LogP contribution in [-0.2, 0) is 18.3 Å². The van der Waals surface area contributed by atoms with E-state index < -0.39 is 0 Å². The summed E-state index contributed by atoms with van der Waals surface area (Å²) in [6.07, 6.45) is 5.72. The van der Waals surface area contributed by atoms with Crippen LogP contribution >= 0.6 is 0 Å². The average Bonchev–Trinajstić information content (AvgIpc) is 2.90. The van der Waals surface area contributed by atoms with Crippen molar-refractivity contribution in [1.29, 1.82) is 0 Å². The molecule has 0 saturated carbocycles. The first kappa shape index (κ1) is 15.3. The van der Waals surface area contributed by atoms with Crippen LogP contribution in [0.15, 0.2) is 54.7 Å². The Balaban J connectivity index is 1.79. The molecule has 1 aromatic heterocycles. The van der Waals surface area contributed by atoms with Crippen molar-refractivity contribution in [2.24, 2.45) is 0 Å². The Bertz CT molecular complexity index is 860. The minimum absolute atomic E-state index is 0.201. The molecule has 1 heteroatoms. The fraction of sp³-hybridized carbons (Fsp3) is 0.304. The van der Waals surface area contributed by atoms with Crippen LogP contribution in [-0.4, -0.2) is 4.98 Å². The average molecular weight is 315 g/mol. The largest absolute Gasteiger partial charge is 0.360 e. The summed E-state index contributed by atoms with van der Waals surface area (Å²) in [7, 11) is 0. The van der Waals surface area contributed by atoms with Gasteiger partial charge in [0.2, 0.25) is 0 Å². The Labute approximate surface area is 144 Å². The van der Waals surface area contributed by atoms with Gasteiger partial charge in [-0.3, -0.25) is 0 Å². The Morgan fingerprint density at radius 1 is 0.833 bits per heavy atom. The maximum Gasteiger partial charge on any atom is 0.0495 e.